The van der Waals surface area contributed by atoms with Crippen molar-refractivity contribution in [2.45, 2.75) is 31.8 Å². The minimum Gasteiger partial charge on any atom is -0.451 e. The molecule has 0 aromatic heterocycles. The van der Waals surface area contributed by atoms with E-state index in [0.717, 1.165) is 12.8 Å². The van der Waals surface area contributed by atoms with Gasteiger partial charge in [-0.15, -0.1) is 0 Å². The van der Waals surface area contributed by atoms with Gasteiger partial charge in [-0.2, -0.15) is 5.48 Å². The number of carbonyl (C=O) groups excluding carboxylic acids is 1. The average Bonchev–Trinajstić information content (AvgIpc) is 2.52. The van der Waals surface area contributed by atoms with Gasteiger partial charge >= 0.3 is 6.09 Å². The number of carbonyl (C=O) groups is 1. The Morgan fingerprint density at radius 3 is 2.64 bits per heavy atom. The molecule has 0 spiro atoms. The van der Waals surface area contributed by atoms with Crippen LogP contribution in [0.5, 0.6) is 0 Å². The van der Waals surface area contributed by atoms with Crippen LogP contribution in [0.1, 0.15) is 25.7 Å². The molecule has 0 heterocycles. The second kappa shape index (κ2) is 4.18. The SMILES string of the molecule is COC(=O)NOC1CCCC1. The van der Waals surface area contributed by atoms with Gasteiger partial charge in [0.1, 0.15) is 0 Å². The van der Waals surface area contributed by atoms with Gasteiger partial charge in [0, 0.05) is 0 Å². The molecule has 4 nitrogen and oxygen atoms in total. The van der Waals surface area contributed by atoms with Crippen LogP contribution in [0, 0.1) is 0 Å². The van der Waals surface area contributed by atoms with E-state index in [9.17, 15) is 4.79 Å². The molecule has 0 saturated heterocycles. The van der Waals surface area contributed by atoms with E-state index in [4.69, 9.17) is 4.84 Å². The van der Waals surface area contributed by atoms with E-state index in [-0.39, 0.29) is 6.10 Å². The maximum Gasteiger partial charge on any atom is 0.431 e. The summed E-state index contributed by atoms with van der Waals surface area (Å²) in [6.07, 6.45) is 4.10. The van der Waals surface area contributed by atoms with E-state index >= 15 is 0 Å². The molecule has 0 radical (unpaired) electrons. The highest BCUT2D eigenvalue weighted by molar-refractivity contribution is 5.65. The van der Waals surface area contributed by atoms with Crippen LogP contribution >= 0.6 is 0 Å². The van der Waals surface area contributed by atoms with Crippen molar-refractivity contribution in [2.75, 3.05) is 7.11 Å². The number of hydrogen-bond donors (Lipinski definition) is 1. The Kier molecular flexibility index (Phi) is 3.16. The quantitative estimate of drug-likeness (QED) is 0.616. The van der Waals surface area contributed by atoms with Crippen LogP contribution in [0.25, 0.3) is 0 Å². The third-order valence-electron chi connectivity index (χ3n) is 1.80. The van der Waals surface area contributed by atoms with E-state index in [1.54, 1.807) is 0 Å². The predicted octanol–water partition coefficient (Wildman–Crippen LogP) is 1.22. The molecule has 1 N–H and O–H groups in total. The molecule has 11 heavy (non-hydrogen) atoms. The molecule has 0 bridgehead atoms. The Morgan fingerprint density at radius 2 is 2.09 bits per heavy atom. The van der Waals surface area contributed by atoms with E-state index in [2.05, 4.69) is 10.2 Å². The molecule has 0 unspecified atom stereocenters. The summed E-state index contributed by atoms with van der Waals surface area (Å²) in [5.41, 5.74) is 2.21. The van der Waals surface area contributed by atoms with E-state index < -0.39 is 6.09 Å². The second-order valence-electron chi connectivity index (χ2n) is 2.62. The molecule has 0 atom stereocenters. The van der Waals surface area contributed by atoms with Crippen LogP contribution in [0.15, 0.2) is 0 Å². The Labute approximate surface area is 65.8 Å². The van der Waals surface area contributed by atoms with Crippen LogP contribution < -0.4 is 5.48 Å². The van der Waals surface area contributed by atoms with E-state index in [0.29, 0.717) is 0 Å². The molecule has 0 aromatic carbocycles. The maximum absolute atomic E-state index is 10.5. The lowest BCUT2D eigenvalue weighted by molar-refractivity contribution is -0.0159. The summed E-state index contributed by atoms with van der Waals surface area (Å²) in [4.78, 5) is 15.5. The smallest absolute Gasteiger partial charge is 0.431 e. The van der Waals surface area contributed by atoms with Crippen molar-refractivity contribution >= 4 is 6.09 Å². The van der Waals surface area contributed by atoms with Gasteiger partial charge in [0.05, 0.1) is 13.2 Å². The van der Waals surface area contributed by atoms with Crippen molar-refractivity contribution in [3.05, 3.63) is 0 Å². The van der Waals surface area contributed by atoms with Crippen molar-refractivity contribution in [3.63, 3.8) is 0 Å². The molecule has 4 heteroatoms. The summed E-state index contributed by atoms with van der Waals surface area (Å²) >= 11 is 0. The highest BCUT2D eigenvalue weighted by Gasteiger charge is 2.16. The van der Waals surface area contributed by atoms with Gasteiger partial charge < -0.3 is 4.74 Å². The van der Waals surface area contributed by atoms with E-state index in [1.807, 2.05) is 0 Å². The van der Waals surface area contributed by atoms with Crippen molar-refractivity contribution in [2.24, 2.45) is 0 Å². The van der Waals surface area contributed by atoms with Crippen molar-refractivity contribution in [3.8, 4) is 0 Å². The first-order valence-electron chi connectivity index (χ1n) is 3.82. The third-order valence-corrected chi connectivity index (χ3v) is 1.80. The Hall–Kier alpha value is -0.770. The zero-order valence-electron chi connectivity index (χ0n) is 6.63. The Morgan fingerprint density at radius 1 is 1.45 bits per heavy atom. The number of rotatable bonds is 2. The molecule has 1 amide bonds. The van der Waals surface area contributed by atoms with Crippen molar-refractivity contribution < 1.29 is 14.4 Å². The first-order chi connectivity index (χ1) is 5.33. The molecule has 0 aromatic rings. The maximum atomic E-state index is 10.5. The lowest BCUT2D eigenvalue weighted by atomic mass is 10.3. The zero-order valence-corrected chi connectivity index (χ0v) is 6.63. The Bertz CT molecular complexity index is 132. The summed E-state index contributed by atoms with van der Waals surface area (Å²) in [5, 5.41) is 0. The molecule has 0 aliphatic heterocycles. The van der Waals surface area contributed by atoms with Gasteiger partial charge in [0.15, 0.2) is 0 Å². The topological polar surface area (TPSA) is 47.6 Å². The summed E-state index contributed by atoms with van der Waals surface area (Å²) in [6, 6.07) is 0. The first-order valence-corrected chi connectivity index (χ1v) is 3.82. The highest BCUT2D eigenvalue weighted by Crippen LogP contribution is 2.19. The normalized spacial score (nSPS) is 18.3. The number of ether oxygens (including phenoxy) is 1. The molecule has 1 saturated carbocycles. The van der Waals surface area contributed by atoms with Gasteiger partial charge in [-0.25, -0.2) is 4.79 Å². The molecule has 1 aliphatic rings. The molecule has 64 valence electrons. The molecule has 1 aliphatic carbocycles. The fourth-order valence-corrected chi connectivity index (χ4v) is 1.18. The monoisotopic (exact) mass is 159 g/mol. The van der Waals surface area contributed by atoms with Crippen LogP contribution in [0.2, 0.25) is 0 Å². The second-order valence-corrected chi connectivity index (χ2v) is 2.62. The van der Waals surface area contributed by atoms with Crippen LogP contribution in [-0.2, 0) is 9.57 Å². The summed E-state index contributed by atoms with van der Waals surface area (Å²) in [7, 11) is 1.31. The lowest BCUT2D eigenvalue weighted by Crippen LogP contribution is -2.27. The number of amides is 1. The number of methoxy groups -OCH3 is 1. The minimum absolute atomic E-state index is 0.189. The van der Waals surface area contributed by atoms with Crippen LogP contribution in [0.4, 0.5) is 4.79 Å². The number of hydroxylamine groups is 1. The molecule has 1 fully saturated rings. The largest absolute Gasteiger partial charge is 0.451 e. The minimum atomic E-state index is -0.531. The molecule has 1 rings (SSSR count). The van der Waals surface area contributed by atoms with Gasteiger partial charge in [0.2, 0.25) is 0 Å². The summed E-state index contributed by atoms with van der Waals surface area (Å²) in [5.74, 6) is 0. The van der Waals surface area contributed by atoms with Gasteiger partial charge in [-0.3, -0.25) is 4.84 Å². The fraction of sp³-hybridized carbons (Fsp3) is 0.857. The Balaban J connectivity index is 2.06. The van der Waals surface area contributed by atoms with Gasteiger partial charge in [-0.1, -0.05) is 12.8 Å². The zero-order chi connectivity index (χ0) is 8.10. The van der Waals surface area contributed by atoms with Crippen LogP contribution in [-0.4, -0.2) is 19.3 Å². The number of nitrogens with one attached hydrogen (secondary N) is 1. The highest BCUT2D eigenvalue weighted by atomic mass is 16.7. The molecular weight excluding hydrogens is 146 g/mol. The fourth-order valence-electron chi connectivity index (χ4n) is 1.18. The molecular formula is C7H13NO3. The van der Waals surface area contributed by atoms with Gasteiger partial charge in [0.25, 0.3) is 0 Å². The predicted molar refractivity (Wildman–Crippen MR) is 38.9 cm³/mol. The van der Waals surface area contributed by atoms with Crippen LogP contribution in [0.3, 0.4) is 0 Å². The number of hydrogen-bond acceptors (Lipinski definition) is 3. The standard InChI is InChI=1S/C7H13NO3/c1-10-7(9)8-11-6-4-2-3-5-6/h6H,2-5H2,1H3,(H,8,9). The van der Waals surface area contributed by atoms with Crippen molar-refractivity contribution in [1.29, 1.82) is 0 Å². The van der Waals surface area contributed by atoms with Gasteiger partial charge in [-0.05, 0) is 12.8 Å². The van der Waals surface area contributed by atoms with Crippen molar-refractivity contribution in [1.82, 2.24) is 5.48 Å². The third kappa shape index (κ3) is 2.76. The lowest BCUT2D eigenvalue weighted by Gasteiger charge is -2.09. The van der Waals surface area contributed by atoms with E-state index in [1.165, 1.54) is 20.0 Å². The summed E-state index contributed by atoms with van der Waals surface area (Å²) < 4.78 is 4.33. The first kappa shape index (κ1) is 8.33. The summed E-state index contributed by atoms with van der Waals surface area (Å²) in [6.45, 7) is 0. The average molecular weight is 159 g/mol.